The Balaban J connectivity index is 1.62. The van der Waals surface area contributed by atoms with Crippen LogP contribution < -0.4 is 10.1 Å². The maximum absolute atomic E-state index is 12.3. The number of ether oxygens (including phenoxy) is 1. The number of benzene rings is 1. The van der Waals surface area contributed by atoms with Crippen LogP contribution in [0.5, 0.6) is 5.75 Å². The molecule has 3 aromatic rings. The lowest BCUT2D eigenvalue weighted by Gasteiger charge is -2.12. The molecule has 7 nitrogen and oxygen atoms in total. The molecule has 1 N–H and O–H groups in total. The van der Waals surface area contributed by atoms with Gasteiger partial charge in [0.05, 0.1) is 5.25 Å². The molecule has 1 amide bonds. The molecule has 3 rings (SSSR count). The number of carbonyl (C=O) groups is 1. The maximum Gasteiger partial charge on any atom is 0.239 e. The molecule has 1 atom stereocenters. The molecule has 2 aromatic heterocycles. The highest BCUT2D eigenvalue weighted by Gasteiger charge is 2.20. The van der Waals surface area contributed by atoms with Crippen molar-refractivity contribution in [1.29, 1.82) is 0 Å². The molecule has 2 heterocycles. The number of thiazole rings is 1. The maximum atomic E-state index is 12.3. The molecule has 1 aromatic carbocycles. The zero-order valence-corrected chi connectivity index (χ0v) is 16.1. The van der Waals surface area contributed by atoms with Crippen LogP contribution in [0.15, 0.2) is 47.1 Å². The van der Waals surface area contributed by atoms with Crippen molar-refractivity contribution in [2.75, 3.05) is 5.32 Å². The number of rotatable bonds is 8. The van der Waals surface area contributed by atoms with Crippen molar-refractivity contribution in [1.82, 2.24) is 19.7 Å². The zero-order valence-electron chi connectivity index (χ0n) is 14.5. The van der Waals surface area contributed by atoms with Gasteiger partial charge in [0.1, 0.15) is 12.4 Å². The largest absolute Gasteiger partial charge is 0.486 e. The first-order valence-corrected chi connectivity index (χ1v) is 9.90. The Labute approximate surface area is 159 Å². The van der Waals surface area contributed by atoms with Crippen molar-refractivity contribution in [3.63, 3.8) is 0 Å². The van der Waals surface area contributed by atoms with Gasteiger partial charge in [0.2, 0.25) is 5.91 Å². The SMILES string of the molecule is CCn1c(COc2ccccc2)nnc1S[C@H](C)C(=O)Nc1nccs1. The predicted octanol–water partition coefficient (Wildman–Crippen LogP) is 3.45. The predicted molar refractivity (Wildman–Crippen MR) is 103 cm³/mol. The standard InChI is InChI=1S/C17H19N5O2S2/c1-3-22-14(11-24-13-7-5-4-6-8-13)20-21-17(22)26-12(2)15(23)19-16-18-9-10-25-16/h4-10,12H,3,11H2,1-2H3,(H,18,19,23)/t12-/m1/s1. The molecule has 9 heteroatoms. The quantitative estimate of drug-likeness (QED) is 0.594. The van der Waals surface area contributed by atoms with Gasteiger partial charge in [-0.2, -0.15) is 0 Å². The number of hydrogen-bond donors (Lipinski definition) is 1. The van der Waals surface area contributed by atoms with Crippen LogP contribution in [0.25, 0.3) is 0 Å². The Morgan fingerprint density at radius 2 is 2.15 bits per heavy atom. The van der Waals surface area contributed by atoms with E-state index >= 15 is 0 Å². The molecule has 0 fully saturated rings. The normalized spacial score (nSPS) is 11.9. The number of nitrogens with zero attached hydrogens (tertiary/aromatic N) is 4. The van der Waals surface area contributed by atoms with Gasteiger partial charge in [-0.15, -0.1) is 21.5 Å². The highest BCUT2D eigenvalue weighted by atomic mass is 32.2. The van der Waals surface area contributed by atoms with E-state index in [1.54, 1.807) is 6.20 Å². The Morgan fingerprint density at radius 3 is 2.85 bits per heavy atom. The Kier molecular flexibility index (Phi) is 6.24. The number of hydrogen-bond acceptors (Lipinski definition) is 7. The van der Waals surface area contributed by atoms with E-state index in [0.29, 0.717) is 23.4 Å². The van der Waals surface area contributed by atoms with Gasteiger partial charge in [0.25, 0.3) is 0 Å². The van der Waals surface area contributed by atoms with Crippen LogP contribution in [-0.2, 0) is 17.9 Å². The molecule has 0 aliphatic carbocycles. The van der Waals surface area contributed by atoms with Gasteiger partial charge < -0.3 is 14.6 Å². The summed E-state index contributed by atoms with van der Waals surface area (Å²) in [6.07, 6.45) is 1.66. The molecule has 0 aliphatic rings. The third-order valence-electron chi connectivity index (χ3n) is 3.53. The second-order valence-electron chi connectivity index (χ2n) is 5.33. The van der Waals surface area contributed by atoms with E-state index in [9.17, 15) is 4.79 Å². The molecule has 0 radical (unpaired) electrons. The third kappa shape index (κ3) is 4.61. The Bertz CT molecular complexity index is 836. The summed E-state index contributed by atoms with van der Waals surface area (Å²) in [4.78, 5) is 16.3. The van der Waals surface area contributed by atoms with Crippen LogP contribution in [0.1, 0.15) is 19.7 Å². The topological polar surface area (TPSA) is 81.9 Å². The lowest BCUT2D eigenvalue weighted by Crippen LogP contribution is -2.22. The summed E-state index contributed by atoms with van der Waals surface area (Å²) in [6, 6.07) is 9.57. The second kappa shape index (κ2) is 8.81. The van der Waals surface area contributed by atoms with Crippen molar-refractivity contribution in [3.8, 4) is 5.75 Å². The molecule has 26 heavy (non-hydrogen) atoms. The van der Waals surface area contributed by atoms with Crippen LogP contribution in [0.4, 0.5) is 5.13 Å². The number of nitrogens with one attached hydrogen (secondary N) is 1. The summed E-state index contributed by atoms with van der Waals surface area (Å²) < 4.78 is 7.71. The van der Waals surface area contributed by atoms with Crippen molar-refractivity contribution in [3.05, 3.63) is 47.7 Å². The molecule has 0 spiro atoms. The summed E-state index contributed by atoms with van der Waals surface area (Å²) >= 11 is 2.76. The average Bonchev–Trinajstić information content (AvgIpc) is 3.30. The van der Waals surface area contributed by atoms with Crippen molar-refractivity contribution < 1.29 is 9.53 Å². The fraction of sp³-hybridized carbons (Fsp3) is 0.294. The van der Waals surface area contributed by atoms with E-state index < -0.39 is 0 Å². The molecule has 136 valence electrons. The number of aromatic nitrogens is 4. The first-order chi connectivity index (χ1) is 12.7. The molecule has 0 saturated heterocycles. The highest BCUT2D eigenvalue weighted by Crippen LogP contribution is 2.24. The number of para-hydroxylation sites is 1. The lowest BCUT2D eigenvalue weighted by molar-refractivity contribution is -0.115. The van der Waals surface area contributed by atoms with Gasteiger partial charge in [-0.25, -0.2) is 4.98 Å². The van der Waals surface area contributed by atoms with E-state index in [-0.39, 0.29) is 11.2 Å². The summed E-state index contributed by atoms with van der Waals surface area (Å²) in [5.74, 6) is 1.40. The van der Waals surface area contributed by atoms with Gasteiger partial charge in [-0.1, -0.05) is 30.0 Å². The minimum atomic E-state index is -0.323. The van der Waals surface area contributed by atoms with Crippen LogP contribution in [0, 0.1) is 0 Å². The van der Waals surface area contributed by atoms with E-state index in [4.69, 9.17) is 4.74 Å². The lowest BCUT2D eigenvalue weighted by atomic mass is 10.3. The van der Waals surface area contributed by atoms with E-state index in [0.717, 1.165) is 11.6 Å². The van der Waals surface area contributed by atoms with Gasteiger partial charge in [-0.05, 0) is 26.0 Å². The van der Waals surface area contributed by atoms with Crippen LogP contribution in [0.3, 0.4) is 0 Å². The first-order valence-electron chi connectivity index (χ1n) is 8.14. The van der Waals surface area contributed by atoms with Crippen LogP contribution in [0.2, 0.25) is 0 Å². The van der Waals surface area contributed by atoms with Gasteiger partial charge >= 0.3 is 0 Å². The minimum absolute atomic E-state index is 0.113. The smallest absolute Gasteiger partial charge is 0.239 e. The summed E-state index contributed by atoms with van der Waals surface area (Å²) in [7, 11) is 0. The van der Waals surface area contributed by atoms with Crippen molar-refractivity contribution in [2.24, 2.45) is 0 Å². The fourth-order valence-corrected chi connectivity index (χ4v) is 3.66. The minimum Gasteiger partial charge on any atom is -0.486 e. The van der Waals surface area contributed by atoms with Crippen molar-refractivity contribution >= 4 is 34.1 Å². The molecule has 0 saturated carbocycles. The van der Waals surface area contributed by atoms with Gasteiger partial charge in [-0.3, -0.25) is 4.79 Å². The number of anilines is 1. The van der Waals surface area contributed by atoms with Gasteiger partial charge in [0.15, 0.2) is 16.1 Å². The third-order valence-corrected chi connectivity index (χ3v) is 5.30. The van der Waals surface area contributed by atoms with Crippen molar-refractivity contribution in [2.45, 2.75) is 37.4 Å². The number of thioether (sulfide) groups is 1. The van der Waals surface area contributed by atoms with E-state index in [2.05, 4.69) is 20.5 Å². The molecular formula is C17H19N5O2S2. The average molecular weight is 390 g/mol. The molecular weight excluding hydrogens is 370 g/mol. The number of carbonyl (C=O) groups excluding carboxylic acids is 1. The molecule has 0 aliphatic heterocycles. The summed E-state index contributed by atoms with van der Waals surface area (Å²) in [6.45, 7) is 4.87. The monoisotopic (exact) mass is 389 g/mol. The van der Waals surface area contributed by atoms with E-state index in [1.165, 1.54) is 23.1 Å². The van der Waals surface area contributed by atoms with Crippen LogP contribution in [-0.4, -0.2) is 30.9 Å². The van der Waals surface area contributed by atoms with Gasteiger partial charge in [0, 0.05) is 18.1 Å². The first kappa shape index (κ1) is 18.4. The van der Waals surface area contributed by atoms with Crippen LogP contribution >= 0.6 is 23.1 Å². The van der Waals surface area contributed by atoms with E-state index in [1.807, 2.05) is 54.1 Å². The zero-order chi connectivity index (χ0) is 18.4. The number of amides is 1. The Morgan fingerprint density at radius 1 is 1.35 bits per heavy atom. The molecule has 0 unspecified atom stereocenters. The second-order valence-corrected chi connectivity index (χ2v) is 7.53. The Hall–Kier alpha value is -2.39. The molecule has 0 bridgehead atoms. The fourth-order valence-electron chi connectivity index (χ4n) is 2.20. The highest BCUT2D eigenvalue weighted by molar-refractivity contribution is 8.00. The summed E-state index contributed by atoms with van der Waals surface area (Å²) in [5, 5.41) is 14.0. The summed E-state index contributed by atoms with van der Waals surface area (Å²) in [5.41, 5.74) is 0.